The van der Waals surface area contributed by atoms with E-state index in [4.69, 9.17) is 9.47 Å². The van der Waals surface area contributed by atoms with Crippen molar-refractivity contribution < 1.29 is 14.3 Å². The largest absolute Gasteiger partial charge is 0.496 e. The maximum Gasteiger partial charge on any atom is 0.356 e. The maximum absolute atomic E-state index is 11.9. The lowest BCUT2D eigenvalue weighted by atomic mass is 10.1. The summed E-state index contributed by atoms with van der Waals surface area (Å²) in [7, 11) is 1.63. The molecule has 108 valence electrons. The van der Waals surface area contributed by atoms with Gasteiger partial charge in [0.25, 0.3) is 0 Å². The number of thiazole rings is 1. The first-order chi connectivity index (χ1) is 10.2. The first kappa shape index (κ1) is 13.6. The predicted molar refractivity (Wildman–Crippen MR) is 81.0 cm³/mol. The van der Waals surface area contributed by atoms with Crippen LogP contribution in [0, 0.1) is 0 Å². The van der Waals surface area contributed by atoms with Gasteiger partial charge in [-0.3, -0.25) is 4.40 Å². The van der Waals surface area contributed by atoms with E-state index in [9.17, 15) is 4.79 Å². The molecule has 0 spiro atoms. The number of nitrogens with zero attached hydrogens (tertiary/aromatic N) is 2. The lowest BCUT2D eigenvalue weighted by Gasteiger charge is -2.04. The summed E-state index contributed by atoms with van der Waals surface area (Å²) in [4.78, 5) is 17.2. The van der Waals surface area contributed by atoms with Gasteiger partial charge in [-0.2, -0.15) is 0 Å². The van der Waals surface area contributed by atoms with E-state index in [1.165, 1.54) is 11.3 Å². The standard InChI is InChI=1S/C15H14N2O3S/c1-3-20-14(18)12-9-21-15-16-11(8-17(12)15)10-6-4-5-7-13(10)19-2/h4-9H,3H2,1-2H3. The number of hydrogen-bond donors (Lipinski definition) is 0. The van der Waals surface area contributed by atoms with Crippen LogP contribution >= 0.6 is 11.3 Å². The summed E-state index contributed by atoms with van der Waals surface area (Å²) in [6, 6.07) is 7.66. The second-order valence-electron chi connectivity index (χ2n) is 4.32. The fourth-order valence-corrected chi connectivity index (χ4v) is 2.96. The minimum absolute atomic E-state index is 0.340. The molecule has 0 saturated carbocycles. The maximum atomic E-state index is 11.9. The number of methoxy groups -OCH3 is 1. The van der Waals surface area contributed by atoms with Crippen LogP contribution in [0.4, 0.5) is 0 Å². The first-order valence-electron chi connectivity index (χ1n) is 6.51. The molecule has 5 nitrogen and oxygen atoms in total. The van der Waals surface area contributed by atoms with Gasteiger partial charge in [-0.25, -0.2) is 9.78 Å². The highest BCUT2D eigenvalue weighted by Gasteiger charge is 2.17. The van der Waals surface area contributed by atoms with Gasteiger partial charge in [0.1, 0.15) is 11.4 Å². The van der Waals surface area contributed by atoms with Crippen LogP contribution in [0.15, 0.2) is 35.8 Å². The molecule has 0 aliphatic carbocycles. The number of rotatable bonds is 4. The Kier molecular flexibility index (Phi) is 3.62. The van der Waals surface area contributed by atoms with Crippen molar-refractivity contribution in [3.05, 3.63) is 41.5 Å². The average Bonchev–Trinajstić information content (AvgIpc) is 3.07. The van der Waals surface area contributed by atoms with Crippen LogP contribution in [0.1, 0.15) is 17.4 Å². The Balaban J connectivity index is 2.08. The minimum atomic E-state index is -0.340. The molecule has 0 N–H and O–H groups in total. The van der Waals surface area contributed by atoms with Crippen LogP contribution in [0.2, 0.25) is 0 Å². The summed E-state index contributed by atoms with van der Waals surface area (Å²) in [5, 5.41) is 1.76. The van der Waals surface area contributed by atoms with Crippen LogP contribution in [0.5, 0.6) is 5.75 Å². The summed E-state index contributed by atoms with van der Waals surface area (Å²) in [5.41, 5.74) is 2.15. The molecular weight excluding hydrogens is 288 g/mol. The number of benzene rings is 1. The van der Waals surface area contributed by atoms with Crippen LogP contribution < -0.4 is 4.74 Å². The van der Waals surface area contributed by atoms with Gasteiger partial charge in [-0.1, -0.05) is 12.1 Å². The Morgan fingerprint density at radius 2 is 2.19 bits per heavy atom. The fraction of sp³-hybridized carbons (Fsp3) is 0.200. The normalized spacial score (nSPS) is 10.8. The van der Waals surface area contributed by atoms with Crippen LogP contribution in [-0.4, -0.2) is 29.1 Å². The lowest BCUT2D eigenvalue weighted by Crippen LogP contribution is -2.06. The Bertz CT molecular complexity index is 791. The quantitative estimate of drug-likeness (QED) is 0.694. The minimum Gasteiger partial charge on any atom is -0.496 e. The van der Waals surface area contributed by atoms with E-state index in [1.54, 1.807) is 23.8 Å². The molecule has 1 aromatic carbocycles. The van der Waals surface area contributed by atoms with Crippen molar-refractivity contribution in [3.8, 4) is 17.0 Å². The van der Waals surface area contributed by atoms with E-state index in [2.05, 4.69) is 4.98 Å². The second kappa shape index (κ2) is 5.57. The summed E-state index contributed by atoms with van der Waals surface area (Å²) in [5.74, 6) is 0.411. The molecule has 2 aromatic heterocycles. The molecule has 0 atom stereocenters. The third kappa shape index (κ3) is 2.38. The van der Waals surface area contributed by atoms with Gasteiger partial charge >= 0.3 is 5.97 Å². The SMILES string of the molecule is CCOC(=O)c1csc2nc(-c3ccccc3OC)cn12. The van der Waals surface area contributed by atoms with Crippen molar-refractivity contribution in [2.45, 2.75) is 6.92 Å². The number of imidazole rings is 1. The second-order valence-corrected chi connectivity index (χ2v) is 5.16. The zero-order chi connectivity index (χ0) is 14.8. The van der Waals surface area contributed by atoms with E-state index in [0.717, 1.165) is 22.0 Å². The summed E-state index contributed by atoms with van der Waals surface area (Å²) < 4.78 is 12.2. The molecule has 0 radical (unpaired) electrons. The summed E-state index contributed by atoms with van der Waals surface area (Å²) >= 11 is 1.41. The van der Waals surface area contributed by atoms with Crippen molar-refractivity contribution in [2.75, 3.05) is 13.7 Å². The van der Waals surface area contributed by atoms with Crippen molar-refractivity contribution in [2.24, 2.45) is 0 Å². The lowest BCUT2D eigenvalue weighted by molar-refractivity contribution is 0.0518. The Morgan fingerprint density at radius 1 is 1.38 bits per heavy atom. The van der Waals surface area contributed by atoms with Crippen molar-refractivity contribution in [3.63, 3.8) is 0 Å². The molecule has 0 bridgehead atoms. The molecule has 0 saturated heterocycles. The van der Waals surface area contributed by atoms with Crippen LogP contribution in [0.25, 0.3) is 16.2 Å². The van der Waals surface area contributed by atoms with E-state index in [0.29, 0.717) is 12.3 Å². The predicted octanol–water partition coefficient (Wildman–Crippen LogP) is 3.25. The van der Waals surface area contributed by atoms with Crippen molar-refractivity contribution in [1.82, 2.24) is 9.38 Å². The molecular formula is C15H14N2O3S. The number of fused-ring (bicyclic) bond motifs is 1. The molecule has 2 heterocycles. The fourth-order valence-electron chi connectivity index (χ4n) is 2.12. The van der Waals surface area contributed by atoms with Crippen molar-refractivity contribution >= 4 is 22.3 Å². The number of carbonyl (C=O) groups excluding carboxylic acids is 1. The molecule has 6 heteroatoms. The van der Waals surface area contributed by atoms with Crippen LogP contribution in [-0.2, 0) is 4.74 Å². The average molecular weight is 302 g/mol. The summed E-state index contributed by atoms with van der Waals surface area (Å²) in [6.45, 7) is 2.14. The number of aromatic nitrogens is 2. The van der Waals surface area contributed by atoms with E-state index in [1.807, 2.05) is 30.5 Å². The molecule has 3 rings (SSSR count). The van der Waals surface area contributed by atoms with Crippen LogP contribution in [0.3, 0.4) is 0 Å². The molecule has 0 amide bonds. The highest BCUT2D eigenvalue weighted by atomic mass is 32.1. The molecule has 0 fully saturated rings. The molecule has 3 aromatic rings. The third-order valence-electron chi connectivity index (χ3n) is 3.08. The molecule has 21 heavy (non-hydrogen) atoms. The smallest absolute Gasteiger partial charge is 0.356 e. The van der Waals surface area contributed by atoms with E-state index < -0.39 is 0 Å². The Hall–Kier alpha value is -2.34. The zero-order valence-electron chi connectivity index (χ0n) is 11.7. The van der Waals surface area contributed by atoms with Gasteiger partial charge in [0.05, 0.1) is 19.4 Å². The number of carbonyl (C=O) groups is 1. The number of hydrogen-bond acceptors (Lipinski definition) is 5. The van der Waals surface area contributed by atoms with Gasteiger partial charge in [0.2, 0.25) is 0 Å². The monoisotopic (exact) mass is 302 g/mol. The van der Waals surface area contributed by atoms with Gasteiger partial charge in [0.15, 0.2) is 4.96 Å². The topological polar surface area (TPSA) is 52.8 Å². The number of para-hydroxylation sites is 1. The zero-order valence-corrected chi connectivity index (χ0v) is 12.5. The van der Waals surface area contributed by atoms with Crippen molar-refractivity contribution in [1.29, 1.82) is 0 Å². The number of esters is 1. The Morgan fingerprint density at radius 3 is 2.95 bits per heavy atom. The van der Waals surface area contributed by atoms with Gasteiger partial charge in [0, 0.05) is 17.1 Å². The van der Waals surface area contributed by atoms with E-state index >= 15 is 0 Å². The van der Waals surface area contributed by atoms with Gasteiger partial charge < -0.3 is 9.47 Å². The van der Waals surface area contributed by atoms with E-state index in [-0.39, 0.29) is 5.97 Å². The van der Waals surface area contributed by atoms with Gasteiger partial charge in [-0.05, 0) is 19.1 Å². The molecule has 0 aliphatic rings. The summed E-state index contributed by atoms with van der Waals surface area (Å²) in [6.07, 6.45) is 1.83. The first-order valence-corrected chi connectivity index (χ1v) is 7.39. The highest BCUT2D eigenvalue weighted by molar-refractivity contribution is 7.15. The third-order valence-corrected chi connectivity index (χ3v) is 3.92. The molecule has 0 aliphatic heterocycles. The molecule has 0 unspecified atom stereocenters. The number of ether oxygens (including phenoxy) is 2. The van der Waals surface area contributed by atoms with Gasteiger partial charge in [-0.15, -0.1) is 11.3 Å². The highest BCUT2D eigenvalue weighted by Crippen LogP contribution is 2.30. The Labute approximate surface area is 125 Å².